The maximum Gasteiger partial charge on any atom is 0.178 e. The average Bonchev–Trinajstić information content (AvgIpc) is 2.66. The number of rotatable bonds is 1. The molecule has 1 N–H and O–H groups in total. The second kappa shape index (κ2) is 4.70. The van der Waals surface area contributed by atoms with Crippen LogP contribution in [0.3, 0.4) is 0 Å². The minimum absolute atomic E-state index is 0.177. The first-order valence-electron chi connectivity index (χ1n) is 6.15. The first kappa shape index (κ1) is 12.2. The number of halogens is 1. The second-order valence-electron chi connectivity index (χ2n) is 4.79. The fraction of sp³-hybridized carbons (Fsp3) is 0.462. The van der Waals surface area contributed by atoms with Crippen molar-refractivity contribution in [2.75, 3.05) is 11.5 Å². The lowest BCUT2D eigenvalue weighted by Crippen LogP contribution is -2.16. The lowest BCUT2D eigenvalue weighted by molar-refractivity contribution is 0.506. The molecule has 2 nitrogen and oxygen atoms in total. The molecule has 1 saturated heterocycles. The summed E-state index contributed by atoms with van der Waals surface area (Å²) in [5, 5.41) is 0. The highest BCUT2D eigenvalue weighted by Crippen LogP contribution is 2.30. The third kappa shape index (κ3) is 1.99. The van der Waals surface area contributed by atoms with Crippen LogP contribution in [0.5, 0.6) is 0 Å². The van der Waals surface area contributed by atoms with E-state index in [1.165, 1.54) is 12.2 Å². The number of imidazole rings is 1. The molecule has 0 bridgehead atoms. The number of fused-ring (bicyclic) bond motifs is 1. The molecule has 2 heterocycles. The van der Waals surface area contributed by atoms with Crippen LogP contribution in [0, 0.1) is 17.5 Å². The van der Waals surface area contributed by atoms with Gasteiger partial charge in [0.2, 0.25) is 0 Å². The monoisotopic (exact) mass is 282 g/mol. The minimum Gasteiger partial charge on any atom is -0.330 e. The van der Waals surface area contributed by atoms with Crippen LogP contribution in [0.15, 0.2) is 12.1 Å². The van der Waals surface area contributed by atoms with E-state index in [9.17, 15) is 4.39 Å². The number of thioether (sulfide) groups is 1. The standard InChI is InChI=1S/C13H15FN2S2/c1-8-5-12-11(6-10(8)14)15-13(17)16(12)9-3-2-4-18-7-9/h5-6,9H,2-4,7H2,1H3,(H,15,17). The number of H-pyrrole nitrogens is 1. The molecule has 0 radical (unpaired) electrons. The van der Waals surface area contributed by atoms with Crippen molar-refractivity contribution in [2.45, 2.75) is 25.8 Å². The van der Waals surface area contributed by atoms with Crippen molar-refractivity contribution in [3.63, 3.8) is 0 Å². The van der Waals surface area contributed by atoms with Crippen molar-refractivity contribution in [3.05, 3.63) is 28.3 Å². The van der Waals surface area contributed by atoms with Crippen LogP contribution in [0.4, 0.5) is 4.39 Å². The molecular weight excluding hydrogens is 267 g/mol. The lowest BCUT2D eigenvalue weighted by Gasteiger charge is -2.23. The normalized spacial score (nSPS) is 20.4. The van der Waals surface area contributed by atoms with Gasteiger partial charge in [-0.1, -0.05) is 0 Å². The molecule has 1 aromatic carbocycles. The fourth-order valence-corrected chi connectivity index (χ4v) is 4.02. The molecule has 96 valence electrons. The highest BCUT2D eigenvalue weighted by atomic mass is 32.2. The third-order valence-corrected chi connectivity index (χ3v) is 4.99. The Balaban J connectivity index is 2.18. The summed E-state index contributed by atoms with van der Waals surface area (Å²) in [5.41, 5.74) is 2.51. The van der Waals surface area contributed by atoms with Gasteiger partial charge in [-0.05, 0) is 55.4 Å². The Bertz CT molecular complexity index is 638. The summed E-state index contributed by atoms with van der Waals surface area (Å²) in [5.74, 6) is 2.15. The molecule has 1 aliphatic rings. The first-order valence-corrected chi connectivity index (χ1v) is 7.71. The smallest absolute Gasteiger partial charge is 0.178 e. The van der Waals surface area contributed by atoms with Gasteiger partial charge in [0.05, 0.1) is 11.0 Å². The number of nitrogens with one attached hydrogen (secondary N) is 1. The maximum atomic E-state index is 13.6. The first-order chi connectivity index (χ1) is 8.66. The highest BCUT2D eigenvalue weighted by Gasteiger charge is 2.19. The largest absolute Gasteiger partial charge is 0.330 e. The SMILES string of the molecule is Cc1cc2c(cc1F)[nH]c(=S)n2C1CCCSC1. The van der Waals surface area contributed by atoms with E-state index in [1.807, 2.05) is 17.8 Å². The van der Waals surface area contributed by atoms with E-state index >= 15 is 0 Å². The molecule has 0 saturated carbocycles. The molecule has 1 fully saturated rings. The number of aromatic amines is 1. The van der Waals surface area contributed by atoms with Gasteiger partial charge < -0.3 is 9.55 Å². The van der Waals surface area contributed by atoms with Crippen LogP contribution >= 0.6 is 24.0 Å². The zero-order valence-electron chi connectivity index (χ0n) is 10.2. The van der Waals surface area contributed by atoms with Crippen molar-refractivity contribution in [1.82, 2.24) is 9.55 Å². The fourth-order valence-electron chi connectivity index (χ4n) is 2.54. The molecule has 1 atom stereocenters. The van der Waals surface area contributed by atoms with Crippen LogP contribution in [0.25, 0.3) is 11.0 Å². The van der Waals surface area contributed by atoms with Gasteiger partial charge in [-0.2, -0.15) is 11.8 Å². The molecule has 2 aromatic rings. The van der Waals surface area contributed by atoms with E-state index < -0.39 is 0 Å². The number of nitrogens with zero attached hydrogens (tertiary/aromatic N) is 1. The molecule has 3 rings (SSSR count). The van der Waals surface area contributed by atoms with Crippen LogP contribution in [-0.4, -0.2) is 21.1 Å². The van der Waals surface area contributed by atoms with Crippen LogP contribution < -0.4 is 0 Å². The number of hydrogen-bond donors (Lipinski definition) is 1. The number of benzene rings is 1. The molecule has 0 aliphatic carbocycles. The second-order valence-corrected chi connectivity index (χ2v) is 6.33. The Hall–Kier alpha value is -0.810. The lowest BCUT2D eigenvalue weighted by atomic mass is 10.1. The van der Waals surface area contributed by atoms with E-state index in [4.69, 9.17) is 12.2 Å². The number of aryl methyl sites for hydroxylation is 1. The van der Waals surface area contributed by atoms with E-state index in [0.717, 1.165) is 23.2 Å². The molecular formula is C13H15FN2S2. The van der Waals surface area contributed by atoms with Gasteiger partial charge in [0, 0.05) is 11.8 Å². The van der Waals surface area contributed by atoms with Gasteiger partial charge >= 0.3 is 0 Å². The zero-order chi connectivity index (χ0) is 12.7. The molecule has 18 heavy (non-hydrogen) atoms. The van der Waals surface area contributed by atoms with E-state index in [-0.39, 0.29) is 5.82 Å². The van der Waals surface area contributed by atoms with Gasteiger partial charge in [-0.15, -0.1) is 0 Å². The van der Waals surface area contributed by atoms with Gasteiger partial charge in [0.25, 0.3) is 0 Å². The number of aromatic nitrogens is 2. The van der Waals surface area contributed by atoms with E-state index in [1.54, 1.807) is 13.0 Å². The Morgan fingerprint density at radius 3 is 3.06 bits per heavy atom. The summed E-state index contributed by atoms with van der Waals surface area (Å²) in [6, 6.07) is 3.89. The molecule has 0 spiro atoms. The Morgan fingerprint density at radius 2 is 2.33 bits per heavy atom. The average molecular weight is 282 g/mol. The topological polar surface area (TPSA) is 20.7 Å². The Morgan fingerprint density at radius 1 is 1.50 bits per heavy atom. The predicted octanol–water partition coefficient (Wildman–Crippen LogP) is 4.21. The highest BCUT2D eigenvalue weighted by molar-refractivity contribution is 7.99. The van der Waals surface area contributed by atoms with E-state index in [2.05, 4.69) is 9.55 Å². The maximum absolute atomic E-state index is 13.6. The molecule has 5 heteroatoms. The van der Waals surface area contributed by atoms with Crippen LogP contribution in [0.2, 0.25) is 0 Å². The van der Waals surface area contributed by atoms with Crippen LogP contribution in [0.1, 0.15) is 24.4 Å². The van der Waals surface area contributed by atoms with Crippen LogP contribution in [-0.2, 0) is 0 Å². The number of hydrogen-bond acceptors (Lipinski definition) is 2. The van der Waals surface area contributed by atoms with Crippen molar-refractivity contribution >= 4 is 35.0 Å². The summed E-state index contributed by atoms with van der Waals surface area (Å²) < 4.78 is 16.4. The van der Waals surface area contributed by atoms with Gasteiger partial charge in [0.1, 0.15) is 5.82 Å². The predicted molar refractivity (Wildman–Crippen MR) is 77.4 cm³/mol. The summed E-state index contributed by atoms with van der Waals surface area (Å²) in [6.45, 7) is 1.80. The van der Waals surface area contributed by atoms with Crippen molar-refractivity contribution in [3.8, 4) is 0 Å². The Labute approximate surface area is 115 Å². The van der Waals surface area contributed by atoms with Crippen molar-refractivity contribution < 1.29 is 4.39 Å². The Kier molecular flexibility index (Phi) is 3.20. The van der Waals surface area contributed by atoms with Gasteiger partial charge in [0.15, 0.2) is 4.77 Å². The summed E-state index contributed by atoms with van der Waals surface area (Å²) in [6.07, 6.45) is 2.38. The van der Waals surface area contributed by atoms with E-state index in [0.29, 0.717) is 16.4 Å². The van der Waals surface area contributed by atoms with Crippen molar-refractivity contribution in [1.29, 1.82) is 0 Å². The summed E-state index contributed by atoms with van der Waals surface area (Å²) >= 11 is 7.37. The summed E-state index contributed by atoms with van der Waals surface area (Å²) in [7, 11) is 0. The van der Waals surface area contributed by atoms with Crippen molar-refractivity contribution in [2.24, 2.45) is 0 Å². The quantitative estimate of drug-likeness (QED) is 0.791. The molecule has 0 amide bonds. The van der Waals surface area contributed by atoms with Gasteiger partial charge in [-0.3, -0.25) is 0 Å². The molecule has 1 aromatic heterocycles. The minimum atomic E-state index is -0.177. The molecule has 1 aliphatic heterocycles. The summed E-state index contributed by atoms with van der Waals surface area (Å²) in [4.78, 5) is 3.12. The molecule has 1 unspecified atom stereocenters. The zero-order valence-corrected chi connectivity index (χ0v) is 11.8. The van der Waals surface area contributed by atoms with Gasteiger partial charge in [-0.25, -0.2) is 4.39 Å². The third-order valence-electron chi connectivity index (χ3n) is 3.50.